The lowest BCUT2D eigenvalue weighted by molar-refractivity contribution is -0.117. The molecule has 0 fully saturated rings. The molecule has 1 aromatic carbocycles. The summed E-state index contributed by atoms with van der Waals surface area (Å²) in [6, 6.07) is 4.65. The molecule has 0 unspecified atom stereocenters. The van der Waals surface area contributed by atoms with Crippen LogP contribution < -0.4 is 4.90 Å². The van der Waals surface area contributed by atoms with Crippen molar-refractivity contribution >= 4 is 17.6 Å². The number of carboxylic acids is 1. The number of hydrogen-bond donors (Lipinski definition) is 1. The third-order valence-electron chi connectivity index (χ3n) is 3.38. The lowest BCUT2D eigenvalue weighted by atomic mass is 10.1. The number of hydrogen-bond acceptors (Lipinski definition) is 5. The third-order valence-corrected chi connectivity index (χ3v) is 3.38. The number of fused-ring (bicyclic) bond motifs is 1. The number of benzene rings is 1. The number of carboxylic acid groups (broad SMARTS) is 1. The molecule has 0 spiro atoms. The van der Waals surface area contributed by atoms with Gasteiger partial charge in [0.05, 0.1) is 12.0 Å². The zero-order valence-electron chi connectivity index (χ0n) is 11.4. The first-order valence-corrected chi connectivity index (χ1v) is 6.56. The maximum Gasteiger partial charge on any atom is 0.335 e. The molecule has 0 radical (unpaired) electrons. The van der Waals surface area contributed by atoms with Gasteiger partial charge in [-0.3, -0.25) is 4.79 Å². The molecule has 7 heteroatoms. The average Bonchev–Trinajstić information content (AvgIpc) is 3.04. The highest BCUT2D eigenvalue weighted by atomic mass is 16.5. The lowest BCUT2D eigenvalue weighted by Gasteiger charge is -2.14. The number of anilines is 1. The second kappa shape index (κ2) is 5.01. The summed E-state index contributed by atoms with van der Waals surface area (Å²) in [6.45, 7) is 2.11. The van der Waals surface area contributed by atoms with Crippen molar-refractivity contribution in [2.75, 3.05) is 4.90 Å². The maximum atomic E-state index is 12.1. The van der Waals surface area contributed by atoms with Crippen molar-refractivity contribution in [3.63, 3.8) is 0 Å². The molecule has 3 rings (SSSR count). The van der Waals surface area contributed by atoms with Crippen LogP contribution in [0.5, 0.6) is 0 Å². The molecule has 2 heterocycles. The Balaban J connectivity index is 1.88. The Morgan fingerprint density at radius 2 is 2.29 bits per heavy atom. The minimum absolute atomic E-state index is 0.108. The molecule has 0 saturated carbocycles. The van der Waals surface area contributed by atoms with Gasteiger partial charge in [-0.1, -0.05) is 12.1 Å². The third kappa shape index (κ3) is 2.37. The Morgan fingerprint density at radius 1 is 1.48 bits per heavy atom. The first kappa shape index (κ1) is 13.3. The lowest BCUT2D eigenvalue weighted by Crippen LogP contribution is -2.26. The summed E-state index contributed by atoms with van der Waals surface area (Å²) in [4.78, 5) is 28.8. The summed E-state index contributed by atoms with van der Waals surface area (Å²) in [6.07, 6.45) is 0.848. The highest BCUT2D eigenvalue weighted by molar-refractivity contribution is 6.02. The Labute approximate surface area is 120 Å². The van der Waals surface area contributed by atoms with E-state index in [-0.39, 0.29) is 24.4 Å². The fourth-order valence-electron chi connectivity index (χ4n) is 2.32. The standard InChI is InChI=1S/C14H13N3O4/c1-2-11-15-12(21-16-11)7-17-10-4-3-8(14(19)20)5-9(10)6-13(17)18/h3-5H,2,6-7H2,1H3,(H,19,20). The van der Waals surface area contributed by atoms with Crippen molar-refractivity contribution in [2.24, 2.45) is 0 Å². The van der Waals surface area contributed by atoms with Gasteiger partial charge in [0.2, 0.25) is 11.8 Å². The summed E-state index contributed by atoms with van der Waals surface area (Å²) in [5.74, 6) is -0.148. The smallest absolute Gasteiger partial charge is 0.335 e. The topological polar surface area (TPSA) is 96.5 Å². The first-order valence-electron chi connectivity index (χ1n) is 6.56. The van der Waals surface area contributed by atoms with Gasteiger partial charge in [-0.05, 0) is 23.8 Å². The van der Waals surface area contributed by atoms with Gasteiger partial charge in [-0.25, -0.2) is 4.79 Å². The second-order valence-corrected chi connectivity index (χ2v) is 4.76. The highest BCUT2D eigenvalue weighted by Gasteiger charge is 2.29. The van der Waals surface area contributed by atoms with Crippen LogP contribution in [0.4, 0.5) is 5.69 Å². The Hall–Kier alpha value is -2.70. The van der Waals surface area contributed by atoms with E-state index >= 15 is 0 Å². The van der Waals surface area contributed by atoms with E-state index in [1.807, 2.05) is 6.92 Å². The minimum atomic E-state index is -1.01. The molecule has 2 aromatic rings. The van der Waals surface area contributed by atoms with Crippen molar-refractivity contribution < 1.29 is 19.2 Å². The molecular weight excluding hydrogens is 274 g/mol. The Kier molecular flexibility index (Phi) is 3.17. The molecule has 108 valence electrons. The molecule has 1 amide bonds. The van der Waals surface area contributed by atoms with Crippen LogP contribution in [-0.2, 0) is 24.2 Å². The molecule has 0 saturated heterocycles. The summed E-state index contributed by atoms with van der Waals surface area (Å²) < 4.78 is 5.09. The summed E-state index contributed by atoms with van der Waals surface area (Å²) in [7, 11) is 0. The number of aromatic carboxylic acids is 1. The largest absolute Gasteiger partial charge is 0.478 e. The molecule has 1 N–H and O–H groups in total. The number of amides is 1. The number of nitrogens with zero attached hydrogens (tertiary/aromatic N) is 3. The van der Waals surface area contributed by atoms with E-state index < -0.39 is 5.97 Å². The zero-order valence-corrected chi connectivity index (χ0v) is 11.4. The summed E-state index contributed by atoms with van der Waals surface area (Å²) >= 11 is 0. The van der Waals surface area contributed by atoms with Crippen LogP contribution in [0.25, 0.3) is 0 Å². The van der Waals surface area contributed by atoms with Crippen LogP contribution in [0, 0.1) is 0 Å². The monoisotopic (exact) mass is 287 g/mol. The number of carbonyl (C=O) groups excluding carboxylic acids is 1. The van der Waals surface area contributed by atoms with Crippen molar-refractivity contribution in [1.29, 1.82) is 0 Å². The summed E-state index contributed by atoms with van der Waals surface area (Å²) in [5.41, 5.74) is 1.57. The number of aryl methyl sites for hydroxylation is 1. The van der Waals surface area contributed by atoms with E-state index in [9.17, 15) is 9.59 Å². The van der Waals surface area contributed by atoms with Gasteiger partial charge in [0.15, 0.2) is 5.82 Å². The van der Waals surface area contributed by atoms with Crippen LogP contribution in [0.1, 0.15) is 34.6 Å². The van der Waals surface area contributed by atoms with Gasteiger partial charge in [-0.15, -0.1) is 0 Å². The van der Waals surface area contributed by atoms with E-state index in [1.54, 1.807) is 6.07 Å². The molecule has 7 nitrogen and oxygen atoms in total. The number of carbonyl (C=O) groups is 2. The summed E-state index contributed by atoms with van der Waals surface area (Å²) in [5, 5.41) is 12.8. The van der Waals surface area contributed by atoms with Crippen LogP contribution >= 0.6 is 0 Å². The predicted molar refractivity (Wildman–Crippen MR) is 72.0 cm³/mol. The molecule has 0 aliphatic carbocycles. The fourth-order valence-corrected chi connectivity index (χ4v) is 2.32. The molecular formula is C14H13N3O4. The van der Waals surface area contributed by atoms with E-state index in [0.29, 0.717) is 29.4 Å². The Morgan fingerprint density at radius 3 is 2.95 bits per heavy atom. The normalized spacial score (nSPS) is 13.6. The first-order chi connectivity index (χ1) is 10.1. The fraction of sp³-hybridized carbons (Fsp3) is 0.286. The minimum Gasteiger partial charge on any atom is -0.478 e. The molecule has 1 aromatic heterocycles. The molecule has 21 heavy (non-hydrogen) atoms. The van der Waals surface area contributed by atoms with Crippen molar-refractivity contribution in [3.8, 4) is 0 Å². The van der Waals surface area contributed by atoms with Gasteiger partial charge in [0, 0.05) is 12.1 Å². The van der Waals surface area contributed by atoms with Gasteiger partial charge in [0.1, 0.15) is 6.54 Å². The van der Waals surface area contributed by atoms with Crippen LogP contribution in [0.15, 0.2) is 22.7 Å². The second-order valence-electron chi connectivity index (χ2n) is 4.76. The van der Waals surface area contributed by atoms with Crippen LogP contribution in [0.2, 0.25) is 0 Å². The number of rotatable bonds is 4. The van der Waals surface area contributed by atoms with E-state index in [0.717, 1.165) is 0 Å². The average molecular weight is 287 g/mol. The van der Waals surface area contributed by atoms with E-state index in [4.69, 9.17) is 9.63 Å². The molecule has 0 atom stereocenters. The van der Waals surface area contributed by atoms with Gasteiger partial charge < -0.3 is 14.5 Å². The van der Waals surface area contributed by atoms with Crippen LogP contribution in [0.3, 0.4) is 0 Å². The number of aromatic nitrogens is 2. The van der Waals surface area contributed by atoms with Gasteiger partial charge >= 0.3 is 5.97 Å². The van der Waals surface area contributed by atoms with Gasteiger partial charge in [0.25, 0.3) is 0 Å². The SMILES string of the molecule is CCc1noc(CN2C(=O)Cc3cc(C(=O)O)ccc32)n1. The quantitative estimate of drug-likeness (QED) is 0.913. The van der Waals surface area contributed by atoms with Crippen molar-refractivity contribution in [1.82, 2.24) is 10.1 Å². The molecule has 0 bridgehead atoms. The van der Waals surface area contributed by atoms with E-state index in [2.05, 4.69) is 10.1 Å². The maximum absolute atomic E-state index is 12.1. The predicted octanol–water partition coefficient (Wildman–Crippen LogP) is 1.42. The van der Waals surface area contributed by atoms with Gasteiger partial charge in [-0.2, -0.15) is 4.98 Å². The highest BCUT2D eigenvalue weighted by Crippen LogP contribution is 2.30. The molecule has 1 aliphatic heterocycles. The van der Waals surface area contributed by atoms with Crippen molar-refractivity contribution in [3.05, 3.63) is 41.0 Å². The Bertz CT molecular complexity index is 723. The molecule has 1 aliphatic rings. The van der Waals surface area contributed by atoms with Crippen molar-refractivity contribution in [2.45, 2.75) is 26.3 Å². The zero-order chi connectivity index (χ0) is 15.0. The van der Waals surface area contributed by atoms with E-state index in [1.165, 1.54) is 17.0 Å². The van der Waals surface area contributed by atoms with Crippen LogP contribution in [-0.4, -0.2) is 27.1 Å².